The first-order valence-corrected chi connectivity index (χ1v) is 16.9. The molecule has 6 heteroatoms. The van der Waals surface area contributed by atoms with Gasteiger partial charge in [-0.05, 0) is 61.4 Å². The lowest BCUT2D eigenvalue weighted by Gasteiger charge is -2.46. The smallest absolute Gasteiger partial charge is 0.128 e. The third-order valence-electron chi connectivity index (χ3n) is 8.22. The summed E-state index contributed by atoms with van der Waals surface area (Å²) in [5, 5.41) is 0. The Labute approximate surface area is 261 Å². The molecule has 6 nitrogen and oxygen atoms in total. The van der Waals surface area contributed by atoms with Crippen molar-refractivity contribution in [3.63, 3.8) is 0 Å². The number of ether oxygens (including phenoxy) is 6. The van der Waals surface area contributed by atoms with Gasteiger partial charge in [-0.15, -0.1) is 0 Å². The predicted molar refractivity (Wildman–Crippen MR) is 174 cm³/mol. The number of hydrogen-bond donors (Lipinski definition) is 0. The van der Waals surface area contributed by atoms with Crippen molar-refractivity contribution in [2.75, 3.05) is 40.1 Å². The maximum Gasteiger partial charge on any atom is 0.128 e. The molecule has 5 atom stereocenters. The van der Waals surface area contributed by atoms with Crippen molar-refractivity contribution in [1.29, 1.82) is 0 Å². The second-order valence-electron chi connectivity index (χ2n) is 11.8. The first kappa shape index (κ1) is 35.4. The fourth-order valence-electron chi connectivity index (χ4n) is 5.60. The summed E-state index contributed by atoms with van der Waals surface area (Å²) in [6.45, 7) is 12.3. The van der Waals surface area contributed by atoms with E-state index in [9.17, 15) is 0 Å². The Morgan fingerprint density at radius 2 is 1.23 bits per heavy atom. The molecule has 0 saturated heterocycles. The van der Waals surface area contributed by atoms with Crippen molar-refractivity contribution >= 4 is 0 Å². The van der Waals surface area contributed by atoms with Gasteiger partial charge < -0.3 is 28.4 Å². The van der Waals surface area contributed by atoms with E-state index in [0.29, 0.717) is 19.8 Å². The van der Waals surface area contributed by atoms with E-state index in [0.717, 1.165) is 94.5 Å². The van der Waals surface area contributed by atoms with Crippen LogP contribution >= 0.6 is 0 Å². The van der Waals surface area contributed by atoms with Crippen molar-refractivity contribution in [1.82, 2.24) is 0 Å². The zero-order valence-electron chi connectivity index (χ0n) is 27.6. The molecule has 3 rings (SSSR count). The number of para-hydroxylation sites is 1. The fraction of sp³-hybridized carbons (Fsp3) is 0.676. The molecule has 1 saturated carbocycles. The molecule has 0 unspecified atom stereocenters. The maximum absolute atomic E-state index is 6.97. The number of hydrogen-bond acceptors (Lipinski definition) is 6. The summed E-state index contributed by atoms with van der Waals surface area (Å²) in [7, 11) is 1.70. The first-order chi connectivity index (χ1) is 21.1. The maximum atomic E-state index is 6.97. The summed E-state index contributed by atoms with van der Waals surface area (Å²) in [6.07, 6.45) is 9.34. The van der Waals surface area contributed by atoms with Gasteiger partial charge in [-0.2, -0.15) is 0 Å². The Hall–Kier alpha value is -2.12. The van der Waals surface area contributed by atoms with Gasteiger partial charge >= 0.3 is 0 Å². The van der Waals surface area contributed by atoms with Gasteiger partial charge in [0.2, 0.25) is 0 Å². The minimum atomic E-state index is -0.226. The lowest BCUT2D eigenvalue weighted by molar-refractivity contribution is -0.211. The SMILES string of the molecule is CCCCOC[C@H]1C[C@@H](Oc2ccccc2Cc2ccc(OC)cc2)[C@H](OCCCC)[C@@H](OCCCC)[C@@H]1OCCCC. The summed E-state index contributed by atoms with van der Waals surface area (Å²) >= 11 is 0. The van der Waals surface area contributed by atoms with Gasteiger partial charge in [0, 0.05) is 38.8 Å². The third-order valence-corrected chi connectivity index (χ3v) is 8.22. The molecule has 0 N–H and O–H groups in total. The van der Waals surface area contributed by atoms with Crippen molar-refractivity contribution in [2.45, 2.75) is 116 Å². The highest BCUT2D eigenvalue weighted by atomic mass is 16.6. The molecule has 242 valence electrons. The van der Waals surface area contributed by atoms with Gasteiger partial charge in [0.15, 0.2) is 0 Å². The van der Waals surface area contributed by atoms with Crippen LogP contribution in [0.1, 0.15) is 96.6 Å². The van der Waals surface area contributed by atoms with Crippen LogP contribution in [0.4, 0.5) is 0 Å². The number of benzene rings is 2. The van der Waals surface area contributed by atoms with E-state index in [2.05, 4.69) is 64.1 Å². The van der Waals surface area contributed by atoms with E-state index in [1.54, 1.807) is 7.11 Å². The van der Waals surface area contributed by atoms with Crippen LogP contribution in [-0.2, 0) is 25.4 Å². The van der Waals surface area contributed by atoms with E-state index in [1.165, 1.54) is 5.56 Å². The van der Waals surface area contributed by atoms with Crippen LogP contribution in [-0.4, -0.2) is 64.6 Å². The quantitative estimate of drug-likeness (QED) is 0.127. The van der Waals surface area contributed by atoms with Gasteiger partial charge in [-0.1, -0.05) is 83.7 Å². The van der Waals surface area contributed by atoms with Crippen molar-refractivity contribution < 1.29 is 28.4 Å². The zero-order valence-corrected chi connectivity index (χ0v) is 27.6. The zero-order chi connectivity index (χ0) is 30.7. The Balaban J connectivity index is 1.91. The summed E-state index contributed by atoms with van der Waals surface area (Å²) in [5.74, 6) is 1.92. The van der Waals surface area contributed by atoms with Crippen LogP contribution in [0.25, 0.3) is 0 Å². The summed E-state index contributed by atoms with van der Waals surface area (Å²) in [5.41, 5.74) is 2.36. The summed E-state index contributed by atoms with van der Waals surface area (Å²) < 4.78 is 38.6. The number of methoxy groups -OCH3 is 1. The van der Waals surface area contributed by atoms with Gasteiger partial charge in [0.05, 0.1) is 19.8 Å². The highest BCUT2D eigenvalue weighted by Crippen LogP contribution is 2.36. The van der Waals surface area contributed by atoms with Crippen molar-refractivity contribution in [2.24, 2.45) is 5.92 Å². The average molecular weight is 599 g/mol. The van der Waals surface area contributed by atoms with Crippen LogP contribution < -0.4 is 9.47 Å². The van der Waals surface area contributed by atoms with Crippen LogP contribution in [0.2, 0.25) is 0 Å². The Bertz CT molecular complexity index is 979. The minimum absolute atomic E-state index is 0.0916. The van der Waals surface area contributed by atoms with E-state index >= 15 is 0 Å². The average Bonchev–Trinajstić information content (AvgIpc) is 3.03. The van der Waals surface area contributed by atoms with Crippen LogP contribution in [0, 0.1) is 5.92 Å². The highest BCUT2D eigenvalue weighted by molar-refractivity contribution is 5.39. The normalized spacial score (nSPS) is 22.0. The summed E-state index contributed by atoms with van der Waals surface area (Å²) in [6, 6.07) is 16.6. The summed E-state index contributed by atoms with van der Waals surface area (Å²) in [4.78, 5) is 0. The largest absolute Gasteiger partial charge is 0.497 e. The topological polar surface area (TPSA) is 55.4 Å². The molecule has 0 spiro atoms. The Morgan fingerprint density at radius 3 is 1.86 bits per heavy atom. The predicted octanol–water partition coefficient (Wildman–Crippen LogP) is 8.43. The Kier molecular flexibility index (Phi) is 17.1. The van der Waals surface area contributed by atoms with Gasteiger partial charge in [0.1, 0.15) is 29.8 Å². The molecule has 0 aliphatic heterocycles. The molecule has 0 radical (unpaired) electrons. The molecule has 0 bridgehead atoms. The standard InChI is InChI=1S/C37H58O6/c1-6-10-22-39-28-31-27-34(43-33-17-15-14-16-30(33)26-29-18-20-32(38-5)21-19-29)36(41-24-12-8-3)37(42-25-13-9-4)35(31)40-23-11-7-2/h14-21,31,34-37H,6-13,22-28H2,1-5H3/t31-,34-,35-,36+,37+/m1/s1. The van der Waals surface area contributed by atoms with E-state index in [-0.39, 0.29) is 30.3 Å². The molecule has 0 amide bonds. The Morgan fingerprint density at radius 1 is 0.651 bits per heavy atom. The van der Waals surface area contributed by atoms with Crippen LogP contribution in [0.5, 0.6) is 11.5 Å². The second-order valence-corrected chi connectivity index (χ2v) is 11.8. The van der Waals surface area contributed by atoms with Gasteiger partial charge in [-0.3, -0.25) is 0 Å². The molecular formula is C37H58O6. The lowest BCUT2D eigenvalue weighted by atomic mass is 9.80. The molecule has 43 heavy (non-hydrogen) atoms. The van der Waals surface area contributed by atoms with E-state index < -0.39 is 0 Å². The second kappa shape index (κ2) is 20.8. The first-order valence-electron chi connectivity index (χ1n) is 16.9. The van der Waals surface area contributed by atoms with Crippen molar-refractivity contribution in [3.8, 4) is 11.5 Å². The highest BCUT2D eigenvalue weighted by Gasteiger charge is 2.48. The van der Waals surface area contributed by atoms with Crippen LogP contribution in [0.15, 0.2) is 48.5 Å². The molecule has 0 heterocycles. The molecule has 2 aromatic rings. The fourth-order valence-corrected chi connectivity index (χ4v) is 5.60. The molecule has 2 aromatic carbocycles. The van der Waals surface area contributed by atoms with Crippen LogP contribution in [0.3, 0.4) is 0 Å². The molecule has 1 fully saturated rings. The van der Waals surface area contributed by atoms with Gasteiger partial charge in [0.25, 0.3) is 0 Å². The molecule has 0 aromatic heterocycles. The van der Waals surface area contributed by atoms with Crippen molar-refractivity contribution in [3.05, 3.63) is 59.7 Å². The minimum Gasteiger partial charge on any atom is -0.497 e. The molecule has 1 aliphatic rings. The molecular weight excluding hydrogens is 540 g/mol. The number of unbranched alkanes of at least 4 members (excludes halogenated alkanes) is 4. The molecule has 1 aliphatic carbocycles. The lowest BCUT2D eigenvalue weighted by Crippen LogP contribution is -2.59. The third kappa shape index (κ3) is 11.7. The monoisotopic (exact) mass is 598 g/mol. The number of rotatable bonds is 22. The van der Waals surface area contributed by atoms with Gasteiger partial charge in [-0.25, -0.2) is 0 Å². The van der Waals surface area contributed by atoms with E-state index in [1.807, 2.05) is 12.1 Å². The van der Waals surface area contributed by atoms with E-state index in [4.69, 9.17) is 28.4 Å².